The second-order valence-electron chi connectivity index (χ2n) is 9.69. The number of nitrogens with one attached hydrogen (secondary N) is 2. The van der Waals surface area contributed by atoms with Crippen LogP contribution < -0.4 is 20.3 Å². The van der Waals surface area contributed by atoms with Crippen LogP contribution in [0.25, 0.3) is 5.57 Å². The van der Waals surface area contributed by atoms with Gasteiger partial charge in [-0.3, -0.25) is 4.79 Å². The standard InChI is InChI=1S/C28H30F3N3O5/c1-5-38-25-13-18(7-10-23(25)35)17-6-9-21(22(12-17)34(3)4)33-26(36)32-19-8-11-24(20(14-19)28(29,30)31)39-27(2)15-37-16-27/h6-9,11-14H,5,10,15-16H2,1-4H3,(H2,32,33,36). The molecule has 0 unspecified atom stereocenters. The molecular weight excluding hydrogens is 515 g/mol. The number of halogens is 3. The molecule has 4 rings (SSSR count). The van der Waals surface area contributed by atoms with Crippen molar-refractivity contribution >= 4 is 34.4 Å². The zero-order valence-electron chi connectivity index (χ0n) is 22.1. The fourth-order valence-electron chi connectivity index (χ4n) is 4.17. The number of urea groups is 1. The summed E-state index contributed by atoms with van der Waals surface area (Å²) in [6, 6.07) is 7.98. The summed E-state index contributed by atoms with van der Waals surface area (Å²) >= 11 is 0. The monoisotopic (exact) mass is 545 g/mol. The molecule has 1 saturated heterocycles. The van der Waals surface area contributed by atoms with Crippen LogP contribution in [-0.2, 0) is 20.4 Å². The van der Waals surface area contributed by atoms with Crippen LogP contribution in [0.5, 0.6) is 5.75 Å². The van der Waals surface area contributed by atoms with E-state index >= 15 is 0 Å². The van der Waals surface area contributed by atoms with Gasteiger partial charge in [-0.15, -0.1) is 0 Å². The van der Waals surface area contributed by atoms with Crippen LogP contribution in [-0.4, -0.2) is 51.3 Å². The molecule has 39 heavy (non-hydrogen) atoms. The maximum absolute atomic E-state index is 13.8. The van der Waals surface area contributed by atoms with Gasteiger partial charge in [0, 0.05) is 26.2 Å². The molecule has 0 bridgehead atoms. The molecule has 8 nitrogen and oxygen atoms in total. The van der Waals surface area contributed by atoms with E-state index in [0.29, 0.717) is 23.7 Å². The molecule has 0 aromatic heterocycles. The second-order valence-corrected chi connectivity index (χ2v) is 9.69. The van der Waals surface area contributed by atoms with Gasteiger partial charge < -0.3 is 29.7 Å². The lowest BCUT2D eigenvalue weighted by atomic mass is 9.97. The first-order chi connectivity index (χ1) is 18.4. The zero-order chi connectivity index (χ0) is 28.4. The van der Waals surface area contributed by atoms with Crippen LogP contribution in [0.15, 0.2) is 54.3 Å². The van der Waals surface area contributed by atoms with E-state index in [1.165, 1.54) is 12.1 Å². The minimum Gasteiger partial charge on any atom is -0.490 e. The van der Waals surface area contributed by atoms with Crippen molar-refractivity contribution in [3.8, 4) is 5.75 Å². The Morgan fingerprint density at radius 3 is 2.49 bits per heavy atom. The molecule has 1 heterocycles. The van der Waals surface area contributed by atoms with E-state index in [1.807, 2.05) is 12.1 Å². The van der Waals surface area contributed by atoms with Crippen molar-refractivity contribution in [3.05, 3.63) is 65.4 Å². The third-order valence-electron chi connectivity index (χ3n) is 6.14. The smallest absolute Gasteiger partial charge is 0.420 e. The van der Waals surface area contributed by atoms with Crippen LogP contribution in [0.1, 0.15) is 31.4 Å². The SMILES string of the molecule is CCOC1=CC(c2ccc(NC(=O)Nc3ccc(OC4(C)COC4)c(C(F)(F)F)c3)c(N(C)C)c2)=CCC1=O. The number of carbonyl (C=O) groups excluding carboxylic acids is 2. The molecule has 0 atom stereocenters. The van der Waals surface area contributed by atoms with E-state index < -0.39 is 23.4 Å². The van der Waals surface area contributed by atoms with E-state index in [2.05, 4.69) is 10.6 Å². The molecule has 0 spiro atoms. The van der Waals surface area contributed by atoms with Gasteiger partial charge in [-0.25, -0.2) is 4.79 Å². The van der Waals surface area contributed by atoms with Gasteiger partial charge in [0.15, 0.2) is 11.4 Å². The van der Waals surface area contributed by atoms with Gasteiger partial charge in [-0.1, -0.05) is 12.1 Å². The van der Waals surface area contributed by atoms with Gasteiger partial charge in [0.05, 0.1) is 36.8 Å². The fourth-order valence-corrected chi connectivity index (χ4v) is 4.17. The maximum atomic E-state index is 13.8. The van der Waals surface area contributed by atoms with Gasteiger partial charge in [-0.2, -0.15) is 13.2 Å². The molecule has 1 fully saturated rings. The van der Waals surface area contributed by atoms with Crippen molar-refractivity contribution in [1.29, 1.82) is 0 Å². The number of anilines is 3. The number of hydrogen-bond acceptors (Lipinski definition) is 6. The van der Waals surface area contributed by atoms with Crippen molar-refractivity contribution < 1.29 is 37.0 Å². The summed E-state index contributed by atoms with van der Waals surface area (Å²) in [5, 5.41) is 5.17. The maximum Gasteiger partial charge on any atom is 0.420 e. The molecule has 2 aromatic carbocycles. The molecule has 11 heteroatoms. The summed E-state index contributed by atoms with van der Waals surface area (Å²) in [6.07, 6.45) is -0.970. The molecule has 2 aliphatic rings. The lowest BCUT2D eigenvalue weighted by Gasteiger charge is -2.38. The van der Waals surface area contributed by atoms with Gasteiger partial charge >= 0.3 is 12.2 Å². The van der Waals surface area contributed by atoms with E-state index in [-0.39, 0.29) is 36.9 Å². The van der Waals surface area contributed by atoms with Crippen molar-refractivity contribution in [2.24, 2.45) is 0 Å². The van der Waals surface area contributed by atoms with Crippen LogP contribution in [0.4, 0.5) is 35.0 Å². The highest BCUT2D eigenvalue weighted by Gasteiger charge is 2.40. The molecule has 1 aliphatic carbocycles. The average molecular weight is 546 g/mol. The number of alkyl halides is 3. The lowest BCUT2D eigenvalue weighted by Crippen LogP contribution is -2.51. The van der Waals surface area contributed by atoms with Crippen molar-refractivity contribution in [2.45, 2.75) is 32.0 Å². The number of Topliss-reactive ketones (excluding diaryl/α,β-unsaturated/α-hetero) is 1. The van der Waals surface area contributed by atoms with Crippen molar-refractivity contribution in [1.82, 2.24) is 0 Å². The number of carbonyl (C=O) groups is 2. The average Bonchev–Trinajstić information content (AvgIpc) is 2.85. The minimum absolute atomic E-state index is 0.0455. The topological polar surface area (TPSA) is 89.1 Å². The Morgan fingerprint density at radius 2 is 1.87 bits per heavy atom. The number of ether oxygens (including phenoxy) is 3. The Hall–Kier alpha value is -3.99. The Balaban J connectivity index is 1.52. The molecule has 208 valence electrons. The number of rotatable bonds is 8. The van der Waals surface area contributed by atoms with Crippen LogP contribution in [0.2, 0.25) is 0 Å². The Bertz CT molecular complexity index is 1330. The third kappa shape index (κ3) is 6.54. The van der Waals surface area contributed by atoms with Crippen LogP contribution in [0.3, 0.4) is 0 Å². The largest absolute Gasteiger partial charge is 0.490 e. The van der Waals surface area contributed by atoms with E-state index in [4.69, 9.17) is 14.2 Å². The summed E-state index contributed by atoms with van der Waals surface area (Å²) in [5.41, 5.74) is 0.845. The quantitative estimate of drug-likeness (QED) is 0.432. The van der Waals surface area contributed by atoms with Gasteiger partial charge in [0.1, 0.15) is 5.75 Å². The normalized spacial score (nSPS) is 16.4. The summed E-state index contributed by atoms with van der Waals surface area (Å²) in [7, 11) is 3.59. The summed E-state index contributed by atoms with van der Waals surface area (Å²) in [4.78, 5) is 26.6. The molecule has 0 saturated carbocycles. The number of benzene rings is 2. The van der Waals surface area contributed by atoms with Crippen LogP contribution in [0, 0.1) is 0 Å². The number of hydrogen-bond donors (Lipinski definition) is 2. The summed E-state index contributed by atoms with van der Waals surface area (Å²) in [6.45, 7) is 4.24. The van der Waals surface area contributed by atoms with E-state index in [1.54, 1.807) is 51.1 Å². The first-order valence-corrected chi connectivity index (χ1v) is 12.3. The van der Waals surface area contributed by atoms with Crippen molar-refractivity contribution in [3.63, 3.8) is 0 Å². The number of nitrogens with zero attached hydrogens (tertiary/aromatic N) is 1. The van der Waals surface area contributed by atoms with Gasteiger partial charge in [0.2, 0.25) is 5.78 Å². The Kier molecular flexibility index (Phi) is 7.91. The second kappa shape index (κ2) is 11.0. The molecule has 2 aromatic rings. The lowest BCUT2D eigenvalue weighted by molar-refractivity contribution is -0.160. The minimum atomic E-state index is -4.69. The summed E-state index contributed by atoms with van der Waals surface area (Å²) in [5.74, 6) is -0.124. The van der Waals surface area contributed by atoms with Crippen LogP contribution >= 0.6 is 0 Å². The van der Waals surface area contributed by atoms with Gasteiger partial charge in [0.25, 0.3) is 0 Å². The third-order valence-corrected chi connectivity index (χ3v) is 6.14. The predicted molar refractivity (Wildman–Crippen MR) is 142 cm³/mol. The fraction of sp³-hybridized carbons (Fsp3) is 0.357. The number of ketones is 1. The highest BCUT2D eigenvalue weighted by atomic mass is 19.4. The molecule has 0 radical (unpaired) electrons. The first kappa shape index (κ1) is 28.0. The van der Waals surface area contributed by atoms with E-state index in [0.717, 1.165) is 17.2 Å². The number of amides is 2. The first-order valence-electron chi connectivity index (χ1n) is 12.3. The Labute approximate surface area is 224 Å². The molecule has 1 aliphatic heterocycles. The van der Waals surface area contributed by atoms with Crippen molar-refractivity contribution in [2.75, 3.05) is 49.4 Å². The Morgan fingerprint density at radius 1 is 1.13 bits per heavy atom. The van der Waals surface area contributed by atoms with E-state index in [9.17, 15) is 22.8 Å². The molecule has 2 N–H and O–H groups in total. The highest BCUT2D eigenvalue weighted by molar-refractivity contribution is 6.03. The molecule has 2 amide bonds. The molecular formula is C28H30F3N3O5. The van der Waals surface area contributed by atoms with Gasteiger partial charge in [-0.05, 0) is 61.4 Å². The summed E-state index contributed by atoms with van der Waals surface area (Å²) < 4.78 is 57.3. The highest BCUT2D eigenvalue weighted by Crippen LogP contribution is 2.40. The zero-order valence-corrected chi connectivity index (χ0v) is 22.1. The number of allylic oxidation sites excluding steroid dienone is 4. The predicted octanol–water partition coefficient (Wildman–Crippen LogP) is 5.86.